The lowest BCUT2D eigenvalue weighted by Gasteiger charge is -2.30. The molecule has 19 heavy (non-hydrogen) atoms. The molecule has 0 saturated carbocycles. The van der Waals surface area contributed by atoms with E-state index in [0.717, 1.165) is 25.9 Å². The molecule has 0 bridgehead atoms. The topological polar surface area (TPSA) is 62.4 Å². The van der Waals surface area contributed by atoms with Crippen molar-refractivity contribution in [3.63, 3.8) is 0 Å². The van der Waals surface area contributed by atoms with Crippen molar-refractivity contribution in [3.8, 4) is 0 Å². The molecule has 2 heterocycles. The predicted octanol–water partition coefficient (Wildman–Crippen LogP) is 2.08. The van der Waals surface area contributed by atoms with Crippen LogP contribution in [-0.2, 0) is 9.53 Å². The summed E-state index contributed by atoms with van der Waals surface area (Å²) in [7, 11) is 0. The summed E-state index contributed by atoms with van der Waals surface area (Å²) in [6, 6.07) is 1.47. The van der Waals surface area contributed by atoms with Gasteiger partial charge in [-0.25, -0.2) is 4.79 Å². The van der Waals surface area contributed by atoms with Crippen LogP contribution in [-0.4, -0.2) is 41.5 Å². The molecule has 1 N–H and O–H groups in total. The highest BCUT2D eigenvalue weighted by Gasteiger charge is 2.22. The van der Waals surface area contributed by atoms with E-state index in [1.165, 1.54) is 12.3 Å². The van der Waals surface area contributed by atoms with Crippen LogP contribution in [0.1, 0.15) is 30.3 Å². The Morgan fingerprint density at radius 1 is 1.58 bits per heavy atom. The molecule has 1 aromatic rings. The lowest BCUT2D eigenvalue weighted by Crippen LogP contribution is -2.41. The molecule has 0 spiro atoms. The third kappa shape index (κ3) is 3.73. The van der Waals surface area contributed by atoms with Gasteiger partial charge in [-0.2, -0.15) is 0 Å². The summed E-state index contributed by atoms with van der Waals surface area (Å²) in [6.07, 6.45) is 3.64. The molecule has 1 fully saturated rings. The van der Waals surface area contributed by atoms with Crippen LogP contribution >= 0.6 is 11.6 Å². The molecular formula is C13H17ClN2O3. The first kappa shape index (κ1) is 13.9. The number of carbonyl (C=O) groups excluding carboxylic acids is 2. The number of ether oxygens (including phenoxy) is 1. The van der Waals surface area contributed by atoms with Crippen LogP contribution in [0.25, 0.3) is 0 Å². The summed E-state index contributed by atoms with van der Waals surface area (Å²) >= 11 is 5.69. The fraction of sp³-hybridized carbons (Fsp3) is 0.538. The van der Waals surface area contributed by atoms with Gasteiger partial charge < -0.3 is 14.6 Å². The monoisotopic (exact) mass is 284 g/mol. The Labute approximate surface area is 116 Å². The van der Waals surface area contributed by atoms with Crippen molar-refractivity contribution in [2.75, 3.05) is 19.7 Å². The zero-order valence-electron chi connectivity index (χ0n) is 10.8. The van der Waals surface area contributed by atoms with Crippen LogP contribution in [0.5, 0.6) is 0 Å². The molecule has 6 heteroatoms. The zero-order chi connectivity index (χ0) is 13.8. The fourth-order valence-electron chi connectivity index (χ4n) is 2.20. The van der Waals surface area contributed by atoms with E-state index in [1.807, 2.05) is 0 Å². The summed E-state index contributed by atoms with van der Waals surface area (Å²) in [6.45, 7) is 3.38. The van der Waals surface area contributed by atoms with Gasteiger partial charge in [0.15, 0.2) is 6.61 Å². The van der Waals surface area contributed by atoms with Crippen molar-refractivity contribution in [2.24, 2.45) is 5.92 Å². The molecule has 5 nitrogen and oxygen atoms in total. The average Bonchev–Trinajstić information content (AvgIpc) is 2.82. The van der Waals surface area contributed by atoms with Crippen molar-refractivity contribution in [1.29, 1.82) is 0 Å². The van der Waals surface area contributed by atoms with E-state index >= 15 is 0 Å². The number of amides is 1. The van der Waals surface area contributed by atoms with Gasteiger partial charge in [-0.1, -0.05) is 18.5 Å². The van der Waals surface area contributed by atoms with E-state index in [9.17, 15) is 9.59 Å². The number of aromatic amines is 1. The quantitative estimate of drug-likeness (QED) is 0.865. The van der Waals surface area contributed by atoms with Crippen molar-refractivity contribution in [2.45, 2.75) is 19.8 Å². The molecule has 1 atom stereocenters. The molecule has 104 valence electrons. The van der Waals surface area contributed by atoms with Gasteiger partial charge in [0.1, 0.15) is 5.69 Å². The van der Waals surface area contributed by atoms with Gasteiger partial charge in [0.25, 0.3) is 5.91 Å². The Kier molecular flexibility index (Phi) is 4.47. The van der Waals surface area contributed by atoms with E-state index in [4.69, 9.17) is 16.3 Å². The summed E-state index contributed by atoms with van der Waals surface area (Å²) in [5, 5.41) is 0.433. The highest BCUT2D eigenvalue weighted by atomic mass is 35.5. The highest BCUT2D eigenvalue weighted by molar-refractivity contribution is 6.30. The first-order valence-electron chi connectivity index (χ1n) is 6.35. The number of halogens is 1. The third-order valence-corrected chi connectivity index (χ3v) is 3.42. The number of nitrogens with zero attached hydrogens (tertiary/aromatic N) is 1. The van der Waals surface area contributed by atoms with Gasteiger partial charge in [-0.15, -0.1) is 0 Å². The van der Waals surface area contributed by atoms with Crippen LogP contribution in [0.2, 0.25) is 5.02 Å². The molecule has 1 saturated heterocycles. The number of nitrogens with one attached hydrogen (secondary N) is 1. The molecule has 1 unspecified atom stereocenters. The molecule has 1 aliphatic heterocycles. The number of carbonyl (C=O) groups is 2. The Morgan fingerprint density at radius 3 is 3.00 bits per heavy atom. The van der Waals surface area contributed by atoms with Gasteiger partial charge in [0, 0.05) is 19.3 Å². The smallest absolute Gasteiger partial charge is 0.355 e. The number of piperidine rings is 1. The van der Waals surface area contributed by atoms with Crippen LogP contribution in [0, 0.1) is 5.92 Å². The van der Waals surface area contributed by atoms with Crippen molar-refractivity contribution in [3.05, 3.63) is 23.0 Å². The maximum absolute atomic E-state index is 11.9. The Bertz CT molecular complexity index is 472. The van der Waals surface area contributed by atoms with Crippen LogP contribution < -0.4 is 0 Å². The van der Waals surface area contributed by atoms with E-state index in [2.05, 4.69) is 11.9 Å². The molecule has 1 aliphatic rings. The number of hydrogen-bond donors (Lipinski definition) is 1. The maximum Gasteiger partial charge on any atom is 0.355 e. The fourth-order valence-corrected chi connectivity index (χ4v) is 2.36. The molecule has 2 rings (SSSR count). The summed E-state index contributed by atoms with van der Waals surface area (Å²) in [4.78, 5) is 28.0. The minimum atomic E-state index is -0.565. The summed E-state index contributed by atoms with van der Waals surface area (Å²) < 4.78 is 4.97. The second-order valence-corrected chi connectivity index (χ2v) is 5.33. The largest absolute Gasteiger partial charge is 0.451 e. The summed E-state index contributed by atoms with van der Waals surface area (Å²) in [5.74, 6) is -0.196. The number of rotatable bonds is 3. The SMILES string of the molecule is CC1CCCN(C(=O)COC(=O)c2cc(Cl)c[nH]2)C1. The lowest BCUT2D eigenvalue weighted by atomic mass is 10.0. The predicted molar refractivity (Wildman–Crippen MR) is 71.1 cm³/mol. The lowest BCUT2D eigenvalue weighted by molar-refractivity contribution is -0.136. The number of aromatic nitrogens is 1. The van der Waals surface area contributed by atoms with Crippen molar-refractivity contribution >= 4 is 23.5 Å². The van der Waals surface area contributed by atoms with Gasteiger partial charge in [-0.05, 0) is 24.8 Å². The van der Waals surface area contributed by atoms with E-state index < -0.39 is 5.97 Å². The van der Waals surface area contributed by atoms with E-state index in [-0.39, 0.29) is 18.2 Å². The number of esters is 1. The molecule has 0 aromatic carbocycles. The Morgan fingerprint density at radius 2 is 2.37 bits per heavy atom. The minimum absolute atomic E-state index is 0.141. The van der Waals surface area contributed by atoms with Gasteiger partial charge in [0.05, 0.1) is 5.02 Å². The standard InChI is InChI=1S/C13H17ClN2O3/c1-9-3-2-4-16(7-9)12(17)8-19-13(18)11-5-10(14)6-15-11/h5-6,9,15H,2-4,7-8H2,1H3. The highest BCUT2D eigenvalue weighted by Crippen LogP contribution is 2.15. The molecule has 1 aromatic heterocycles. The Hall–Kier alpha value is -1.49. The molecule has 0 aliphatic carbocycles. The normalized spacial score (nSPS) is 19.3. The van der Waals surface area contributed by atoms with Crippen molar-refractivity contribution < 1.29 is 14.3 Å². The maximum atomic E-state index is 11.9. The number of likely N-dealkylation sites (tertiary alicyclic amines) is 1. The van der Waals surface area contributed by atoms with Gasteiger partial charge >= 0.3 is 5.97 Å². The van der Waals surface area contributed by atoms with Crippen molar-refractivity contribution in [1.82, 2.24) is 9.88 Å². The van der Waals surface area contributed by atoms with E-state index in [1.54, 1.807) is 4.90 Å². The number of hydrogen-bond acceptors (Lipinski definition) is 3. The van der Waals surface area contributed by atoms with Crippen LogP contribution in [0.4, 0.5) is 0 Å². The molecular weight excluding hydrogens is 268 g/mol. The summed E-state index contributed by atoms with van der Waals surface area (Å²) in [5.41, 5.74) is 0.254. The molecule has 1 amide bonds. The first-order valence-corrected chi connectivity index (χ1v) is 6.73. The average molecular weight is 285 g/mol. The first-order chi connectivity index (χ1) is 9.06. The van der Waals surface area contributed by atoms with Gasteiger partial charge in [-0.3, -0.25) is 4.79 Å². The minimum Gasteiger partial charge on any atom is -0.451 e. The number of H-pyrrole nitrogens is 1. The second kappa shape index (κ2) is 6.10. The molecule has 0 radical (unpaired) electrons. The third-order valence-electron chi connectivity index (χ3n) is 3.20. The second-order valence-electron chi connectivity index (χ2n) is 4.89. The van der Waals surface area contributed by atoms with Crippen LogP contribution in [0.3, 0.4) is 0 Å². The Balaban J connectivity index is 1.81. The van der Waals surface area contributed by atoms with Gasteiger partial charge in [0.2, 0.25) is 0 Å². The zero-order valence-corrected chi connectivity index (χ0v) is 11.6. The van der Waals surface area contributed by atoms with Crippen LogP contribution in [0.15, 0.2) is 12.3 Å². The van der Waals surface area contributed by atoms with E-state index in [0.29, 0.717) is 10.9 Å².